The molecule has 1 saturated heterocycles. The summed E-state index contributed by atoms with van der Waals surface area (Å²) < 4.78 is 15.4. The van der Waals surface area contributed by atoms with Crippen LogP contribution in [0, 0.1) is 18.7 Å². The number of carbonyl (C=O) groups excluding carboxylic acids is 1. The minimum absolute atomic E-state index is 0.0753. The molecule has 1 aromatic carbocycles. The summed E-state index contributed by atoms with van der Waals surface area (Å²) in [7, 11) is 1.66. The second kappa shape index (κ2) is 8.14. The van der Waals surface area contributed by atoms with Crippen molar-refractivity contribution < 1.29 is 9.18 Å². The number of Topliss-reactive ketones (excluding diaryl/α,β-unsaturated/α-hetero) is 1. The first kappa shape index (κ1) is 19.9. The number of piperidine rings is 1. The van der Waals surface area contributed by atoms with Gasteiger partial charge in [0.2, 0.25) is 5.95 Å². The lowest BCUT2D eigenvalue weighted by Gasteiger charge is -2.33. The van der Waals surface area contributed by atoms with Gasteiger partial charge in [0, 0.05) is 43.9 Å². The van der Waals surface area contributed by atoms with E-state index in [0.29, 0.717) is 48.0 Å². The number of nitrogens with zero attached hydrogens (tertiary/aromatic N) is 5. The molecule has 0 spiro atoms. The van der Waals surface area contributed by atoms with E-state index in [1.807, 2.05) is 4.90 Å². The van der Waals surface area contributed by atoms with Gasteiger partial charge in [0.25, 0.3) is 5.56 Å². The number of benzene rings is 1. The van der Waals surface area contributed by atoms with Gasteiger partial charge in [0.1, 0.15) is 12.1 Å². The molecule has 4 rings (SSSR count). The Bertz CT molecular complexity index is 1150. The largest absolute Gasteiger partial charge is 0.341 e. The van der Waals surface area contributed by atoms with E-state index in [1.165, 1.54) is 23.0 Å². The van der Waals surface area contributed by atoms with Crippen molar-refractivity contribution in [3.05, 3.63) is 70.2 Å². The van der Waals surface area contributed by atoms with Crippen molar-refractivity contribution in [2.24, 2.45) is 13.0 Å². The third-order valence-electron chi connectivity index (χ3n) is 5.56. The summed E-state index contributed by atoms with van der Waals surface area (Å²) >= 11 is 0. The summed E-state index contributed by atoms with van der Waals surface area (Å²) in [5.41, 5.74) is 1.60. The molecule has 154 valence electrons. The Morgan fingerprint density at radius 1 is 1.23 bits per heavy atom. The molecule has 1 aliphatic rings. The Labute approximate surface area is 173 Å². The number of ketones is 1. The number of hydrogen-bond acceptors (Lipinski definition) is 6. The van der Waals surface area contributed by atoms with Crippen LogP contribution in [0.5, 0.6) is 0 Å². The molecule has 8 heteroatoms. The lowest BCUT2D eigenvalue weighted by molar-refractivity contribution is 0.0905. The van der Waals surface area contributed by atoms with Crippen molar-refractivity contribution in [1.29, 1.82) is 0 Å². The van der Waals surface area contributed by atoms with E-state index in [0.717, 1.165) is 6.42 Å². The number of carbonyl (C=O) groups is 1. The third kappa shape index (κ3) is 3.72. The Balaban J connectivity index is 1.65. The van der Waals surface area contributed by atoms with Gasteiger partial charge in [0.05, 0.1) is 11.4 Å². The summed E-state index contributed by atoms with van der Waals surface area (Å²) in [4.78, 5) is 40.3. The first-order chi connectivity index (χ1) is 14.5. The van der Waals surface area contributed by atoms with Crippen molar-refractivity contribution in [1.82, 2.24) is 19.5 Å². The Morgan fingerprint density at radius 2 is 2.07 bits per heavy atom. The molecule has 30 heavy (non-hydrogen) atoms. The highest BCUT2D eigenvalue weighted by Gasteiger charge is 2.29. The van der Waals surface area contributed by atoms with E-state index in [2.05, 4.69) is 15.0 Å². The number of rotatable bonds is 4. The molecule has 7 nitrogen and oxygen atoms in total. The first-order valence-electron chi connectivity index (χ1n) is 9.84. The van der Waals surface area contributed by atoms with Gasteiger partial charge < -0.3 is 4.90 Å². The zero-order chi connectivity index (χ0) is 21.3. The number of halogens is 1. The standard InChI is InChI=1S/C22H22FN5O2/c1-14-16(6-3-7-17(14)23)21(30)15-5-4-10-28(12-15)22-26-19(11-20(29)27(22)2)18-8-9-24-13-25-18/h3,6-9,11,13,15H,4-5,10,12H2,1-2H3. The van der Waals surface area contributed by atoms with Crippen LogP contribution < -0.4 is 10.5 Å². The van der Waals surface area contributed by atoms with Crippen molar-refractivity contribution >= 4 is 11.7 Å². The number of hydrogen-bond donors (Lipinski definition) is 0. The van der Waals surface area contributed by atoms with Crippen LogP contribution in [0.3, 0.4) is 0 Å². The predicted octanol–water partition coefficient (Wildman–Crippen LogP) is 2.78. The van der Waals surface area contributed by atoms with Gasteiger partial charge >= 0.3 is 0 Å². The molecular formula is C22H22FN5O2. The van der Waals surface area contributed by atoms with Crippen LogP contribution in [0.4, 0.5) is 10.3 Å². The zero-order valence-corrected chi connectivity index (χ0v) is 16.9. The average Bonchev–Trinajstić information content (AvgIpc) is 2.77. The zero-order valence-electron chi connectivity index (χ0n) is 16.9. The second-order valence-electron chi connectivity index (χ2n) is 7.50. The highest BCUT2D eigenvalue weighted by molar-refractivity contribution is 5.99. The summed E-state index contributed by atoms with van der Waals surface area (Å²) in [6.45, 7) is 2.72. The molecule has 1 aliphatic heterocycles. The molecule has 0 aliphatic carbocycles. The van der Waals surface area contributed by atoms with Gasteiger partial charge in [0.15, 0.2) is 5.78 Å². The molecule has 2 aromatic heterocycles. The van der Waals surface area contributed by atoms with Gasteiger partial charge in [-0.2, -0.15) is 0 Å². The maximum atomic E-state index is 13.9. The molecule has 0 amide bonds. The van der Waals surface area contributed by atoms with E-state index in [-0.39, 0.29) is 23.1 Å². The third-order valence-corrected chi connectivity index (χ3v) is 5.56. The topological polar surface area (TPSA) is 81.0 Å². The van der Waals surface area contributed by atoms with Gasteiger partial charge in [-0.3, -0.25) is 14.2 Å². The molecule has 1 unspecified atom stereocenters. The fourth-order valence-electron chi connectivity index (χ4n) is 3.85. The van der Waals surface area contributed by atoms with Crippen LogP contribution in [-0.4, -0.2) is 38.4 Å². The normalized spacial score (nSPS) is 16.5. The quantitative estimate of drug-likeness (QED) is 0.619. The van der Waals surface area contributed by atoms with Crippen LogP contribution >= 0.6 is 0 Å². The van der Waals surface area contributed by atoms with Crippen LogP contribution in [0.15, 0.2) is 47.7 Å². The monoisotopic (exact) mass is 407 g/mol. The van der Waals surface area contributed by atoms with Gasteiger partial charge in [-0.1, -0.05) is 12.1 Å². The van der Waals surface area contributed by atoms with Crippen LogP contribution in [0.1, 0.15) is 28.8 Å². The van der Waals surface area contributed by atoms with Gasteiger partial charge in [-0.15, -0.1) is 0 Å². The van der Waals surface area contributed by atoms with Crippen molar-refractivity contribution in [3.63, 3.8) is 0 Å². The van der Waals surface area contributed by atoms with Crippen molar-refractivity contribution in [3.8, 4) is 11.4 Å². The fourth-order valence-corrected chi connectivity index (χ4v) is 3.85. The first-order valence-corrected chi connectivity index (χ1v) is 9.84. The Morgan fingerprint density at radius 3 is 2.83 bits per heavy atom. The molecule has 0 N–H and O–H groups in total. The summed E-state index contributed by atoms with van der Waals surface area (Å²) in [6, 6.07) is 7.73. The maximum absolute atomic E-state index is 13.9. The Hall–Kier alpha value is -3.42. The van der Waals surface area contributed by atoms with E-state index in [1.54, 1.807) is 38.4 Å². The van der Waals surface area contributed by atoms with Gasteiger partial charge in [-0.25, -0.2) is 19.3 Å². The summed E-state index contributed by atoms with van der Waals surface area (Å²) in [5, 5.41) is 0. The minimum Gasteiger partial charge on any atom is -0.341 e. The molecule has 3 heterocycles. The average molecular weight is 407 g/mol. The minimum atomic E-state index is -0.380. The van der Waals surface area contributed by atoms with E-state index < -0.39 is 0 Å². The molecule has 0 saturated carbocycles. The van der Waals surface area contributed by atoms with E-state index in [4.69, 9.17) is 0 Å². The molecule has 0 bridgehead atoms. The molecule has 0 radical (unpaired) electrons. The van der Waals surface area contributed by atoms with Crippen molar-refractivity contribution in [2.45, 2.75) is 19.8 Å². The smallest absolute Gasteiger partial charge is 0.255 e. The number of anilines is 1. The molecule has 1 atom stereocenters. The summed E-state index contributed by atoms with van der Waals surface area (Å²) in [6.07, 6.45) is 4.49. The maximum Gasteiger partial charge on any atom is 0.255 e. The van der Waals surface area contributed by atoms with E-state index >= 15 is 0 Å². The summed E-state index contributed by atoms with van der Waals surface area (Å²) in [5.74, 6) is -0.257. The molecular weight excluding hydrogens is 385 g/mol. The van der Waals surface area contributed by atoms with Crippen LogP contribution in [0.25, 0.3) is 11.4 Å². The van der Waals surface area contributed by atoms with E-state index in [9.17, 15) is 14.0 Å². The predicted molar refractivity (Wildman–Crippen MR) is 111 cm³/mol. The van der Waals surface area contributed by atoms with Gasteiger partial charge in [-0.05, 0) is 37.5 Å². The van der Waals surface area contributed by atoms with Crippen molar-refractivity contribution in [2.75, 3.05) is 18.0 Å². The Kier molecular flexibility index (Phi) is 5.39. The highest BCUT2D eigenvalue weighted by atomic mass is 19.1. The molecule has 1 fully saturated rings. The SMILES string of the molecule is Cc1c(F)cccc1C(=O)C1CCCN(c2nc(-c3ccncn3)cc(=O)n2C)C1. The lowest BCUT2D eigenvalue weighted by Crippen LogP contribution is -2.42. The fraction of sp³-hybridized carbons (Fsp3) is 0.318. The molecule has 3 aromatic rings. The lowest BCUT2D eigenvalue weighted by atomic mass is 9.88. The highest BCUT2D eigenvalue weighted by Crippen LogP contribution is 2.26. The second-order valence-corrected chi connectivity index (χ2v) is 7.50. The van der Waals surface area contributed by atoms with Crippen LogP contribution in [0.2, 0.25) is 0 Å². The van der Waals surface area contributed by atoms with Crippen LogP contribution in [-0.2, 0) is 7.05 Å². The number of aromatic nitrogens is 4.